The van der Waals surface area contributed by atoms with Gasteiger partial charge in [-0.15, -0.1) is 0 Å². The van der Waals surface area contributed by atoms with Crippen LogP contribution >= 0.6 is 0 Å². The fourth-order valence-corrected chi connectivity index (χ4v) is 3.81. The quantitative estimate of drug-likeness (QED) is 0.908. The monoisotopic (exact) mass is 366 g/mol. The highest BCUT2D eigenvalue weighted by Crippen LogP contribution is 2.25. The van der Waals surface area contributed by atoms with Crippen LogP contribution in [0.4, 0.5) is 14.5 Å². The molecule has 25 heavy (non-hydrogen) atoms. The van der Waals surface area contributed by atoms with E-state index in [1.54, 1.807) is 23.1 Å². The number of carbonyl (C=O) groups is 1. The molecule has 0 radical (unpaired) electrons. The third-order valence-corrected chi connectivity index (χ3v) is 5.50. The topological polar surface area (TPSA) is 66.5 Å². The second kappa shape index (κ2) is 6.44. The van der Waals surface area contributed by atoms with E-state index >= 15 is 0 Å². The van der Waals surface area contributed by atoms with Crippen LogP contribution in [0.2, 0.25) is 0 Å². The summed E-state index contributed by atoms with van der Waals surface area (Å²) in [7, 11) is -4.05. The molecule has 0 aliphatic carbocycles. The maximum atomic E-state index is 13.3. The van der Waals surface area contributed by atoms with Gasteiger partial charge in [0.15, 0.2) is 11.6 Å². The van der Waals surface area contributed by atoms with Gasteiger partial charge in [0.2, 0.25) is 5.91 Å². The Morgan fingerprint density at radius 3 is 2.52 bits per heavy atom. The summed E-state index contributed by atoms with van der Waals surface area (Å²) in [5.41, 5.74) is 2.20. The smallest absolute Gasteiger partial charge is 0.261 e. The molecular weight excluding hydrogens is 350 g/mol. The van der Waals surface area contributed by atoms with Crippen molar-refractivity contribution >= 4 is 21.6 Å². The second-order valence-corrected chi connectivity index (χ2v) is 7.54. The summed E-state index contributed by atoms with van der Waals surface area (Å²) < 4.78 is 53.3. The minimum absolute atomic E-state index is 0.0431. The summed E-state index contributed by atoms with van der Waals surface area (Å²) in [5, 5.41) is 0. The standard InChI is InChI=1S/C17H16F2N2O3S/c1-11(22)21-7-6-12-2-3-14(8-13(12)10-21)20-25(23,24)15-4-5-16(18)17(19)9-15/h2-5,8-9,20H,6-7,10H2,1H3. The lowest BCUT2D eigenvalue weighted by Crippen LogP contribution is -2.34. The molecular formula is C17H16F2N2O3S. The van der Waals surface area contributed by atoms with Crippen molar-refractivity contribution in [3.05, 3.63) is 59.2 Å². The molecule has 2 aromatic rings. The van der Waals surface area contributed by atoms with Gasteiger partial charge in [0, 0.05) is 25.7 Å². The number of carbonyl (C=O) groups excluding carboxylic acids is 1. The van der Waals surface area contributed by atoms with Crippen LogP contribution in [0.15, 0.2) is 41.3 Å². The fourth-order valence-electron chi connectivity index (χ4n) is 2.75. The summed E-state index contributed by atoms with van der Waals surface area (Å²) in [5.74, 6) is -2.39. The Kier molecular flexibility index (Phi) is 4.47. The van der Waals surface area contributed by atoms with Crippen molar-refractivity contribution in [2.45, 2.75) is 24.8 Å². The summed E-state index contributed by atoms with van der Waals surface area (Å²) in [4.78, 5) is 12.8. The van der Waals surface area contributed by atoms with Gasteiger partial charge < -0.3 is 4.90 Å². The molecule has 1 amide bonds. The number of anilines is 1. The van der Waals surface area contributed by atoms with Gasteiger partial charge in [0.1, 0.15) is 0 Å². The number of sulfonamides is 1. The Labute approximate surface area is 144 Å². The third-order valence-electron chi connectivity index (χ3n) is 4.12. The number of rotatable bonds is 3. The van der Waals surface area contributed by atoms with Gasteiger partial charge >= 0.3 is 0 Å². The van der Waals surface area contributed by atoms with Crippen LogP contribution in [-0.2, 0) is 27.8 Å². The van der Waals surface area contributed by atoms with Crippen molar-refractivity contribution in [2.75, 3.05) is 11.3 Å². The predicted octanol–water partition coefficient (Wildman–Crippen LogP) is 2.67. The normalized spacial score (nSPS) is 14.1. The summed E-state index contributed by atoms with van der Waals surface area (Å²) in [6, 6.07) is 7.46. The Balaban J connectivity index is 1.87. The number of nitrogens with zero attached hydrogens (tertiary/aromatic N) is 1. The largest absolute Gasteiger partial charge is 0.338 e. The van der Waals surface area contributed by atoms with E-state index in [-0.39, 0.29) is 10.8 Å². The molecule has 3 rings (SSSR count). The molecule has 8 heteroatoms. The lowest BCUT2D eigenvalue weighted by molar-refractivity contribution is -0.129. The highest BCUT2D eigenvalue weighted by Gasteiger charge is 2.20. The molecule has 0 atom stereocenters. The van der Waals surface area contributed by atoms with Crippen LogP contribution in [0.3, 0.4) is 0 Å². The van der Waals surface area contributed by atoms with E-state index in [1.807, 2.05) is 0 Å². The van der Waals surface area contributed by atoms with Crippen molar-refractivity contribution in [1.29, 1.82) is 0 Å². The van der Waals surface area contributed by atoms with Gasteiger partial charge in [-0.1, -0.05) is 6.07 Å². The summed E-state index contributed by atoms with van der Waals surface area (Å²) in [6.07, 6.45) is 0.700. The van der Waals surface area contributed by atoms with Crippen LogP contribution in [0.5, 0.6) is 0 Å². The second-order valence-electron chi connectivity index (χ2n) is 5.86. The molecule has 5 nitrogen and oxygen atoms in total. The fraction of sp³-hybridized carbons (Fsp3) is 0.235. The first-order valence-corrected chi connectivity index (χ1v) is 9.10. The van der Waals surface area contributed by atoms with Crippen molar-refractivity contribution in [2.24, 2.45) is 0 Å². The van der Waals surface area contributed by atoms with Crippen molar-refractivity contribution in [3.63, 3.8) is 0 Å². The number of halogens is 2. The van der Waals surface area contributed by atoms with E-state index in [9.17, 15) is 22.0 Å². The maximum Gasteiger partial charge on any atom is 0.261 e. The summed E-state index contributed by atoms with van der Waals surface area (Å²) >= 11 is 0. The molecule has 0 aromatic heterocycles. The van der Waals surface area contributed by atoms with E-state index in [4.69, 9.17) is 0 Å². The van der Waals surface area contributed by atoms with Gasteiger partial charge in [-0.05, 0) is 47.9 Å². The van der Waals surface area contributed by atoms with Crippen LogP contribution in [0.25, 0.3) is 0 Å². The molecule has 1 heterocycles. The average Bonchev–Trinajstić information content (AvgIpc) is 2.56. The first kappa shape index (κ1) is 17.3. The Bertz CT molecular complexity index is 945. The summed E-state index contributed by atoms with van der Waals surface area (Å²) in [6.45, 7) is 2.52. The van der Waals surface area contributed by atoms with E-state index in [1.165, 1.54) is 6.92 Å². The van der Waals surface area contributed by atoms with Crippen LogP contribution in [-0.4, -0.2) is 25.8 Å². The van der Waals surface area contributed by atoms with E-state index < -0.39 is 21.7 Å². The minimum Gasteiger partial charge on any atom is -0.338 e. The molecule has 0 unspecified atom stereocenters. The van der Waals surface area contributed by atoms with Gasteiger partial charge in [-0.3, -0.25) is 9.52 Å². The molecule has 1 aliphatic rings. The molecule has 1 N–H and O–H groups in total. The number of fused-ring (bicyclic) bond motifs is 1. The van der Waals surface area contributed by atoms with E-state index in [2.05, 4.69) is 4.72 Å². The highest BCUT2D eigenvalue weighted by molar-refractivity contribution is 7.92. The zero-order valence-electron chi connectivity index (χ0n) is 13.4. The number of nitrogens with one attached hydrogen (secondary N) is 1. The first-order valence-electron chi connectivity index (χ1n) is 7.61. The Hall–Kier alpha value is -2.48. The van der Waals surface area contributed by atoms with Crippen LogP contribution < -0.4 is 4.72 Å². The van der Waals surface area contributed by atoms with E-state index in [0.717, 1.165) is 23.3 Å². The van der Waals surface area contributed by atoms with Crippen LogP contribution in [0, 0.1) is 11.6 Å². The van der Waals surface area contributed by atoms with Crippen molar-refractivity contribution in [3.8, 4) is 0 Å². The highest BCUT2D eigenvalue weighted by atomic mass is 32.2. The number of amides is 1. The zero-order valence-corrected chi connectivity index (χ0v) is 14.2. The van der Waals surface area contributed by atoms with E-state index in [0.29, 0.717) is 31.3 Å². The number of benzene rings is 2. The predicted molar refractivity (Wildman–Crippen MR) is 88.4 cm³/mol. The van der Waals surface area contributed by atoms with Crippen molar-refractivity contribution < 1.29 is 22.0 Å². The van der Waals surface area contributed by atoms with Gasteiger partial charge in [-0.2, -0.15) is 0 Å². The number of hydrogen-bond donors (Lipinski definition) is 1. The first-order chi connectivity index (χ1) is 11.8. The molecule has 0 saturated heterocycles. The lowest BCUT2D eigenvalue weighted by atomic mass is 9.99. The average molecular weight is 366 g/mol. The molecule has 2 aromatic carbocycles. The molecule has 132 valence electrons. The van der Waals surface area contributed by atoms with Gasteiger partial charge in [0.25, 0.3) is 10.0 Å². The Morgan fingerprint density at radius 2 is 1.84 bits per heavy atom. The molecule has 0 bridgehead atoms. The van der Waals surface area contributed by atoms with Gasteiger partial charge in [0.05, 0.1) is 4.90 Å². The SMILES string of the molecule is CC(=O)N1CCc2ccc(NS(=O)(=O)c3ccc(F)c(F)c3)cc2C1. The minimum atomic E-state index is -4.05. The van der Waals surface area contributed by atoms with Crippen molar-refractivity contribution in [1.82, 2.24) is 4.90 Å². The van der Waals surface area contributed by atoms with Crippen LogP contribution in [0.1, 0.15) is 18.1 Å². The maximum absolute atomic E-state index is 13.3. The lowest BCUT2D eigenvalue weighted by Gasteiger charge is -2.28. The van der Waals surface area contributed by atoms with Gasteiger partial charge in [-0.25, -0.2) is 17.2 Å². The molecule has 1 aliphatic heterocycles. The Morgan fingerprint density at radius 1 is 1.08 bits per heavy atom. The molecule has 0 spiro atoms. The molecule has 0 fully saturated rings. The number of hydrogen-bond acceptors (Lipinski definition) is 3. The molecule has 0 saturated carbocycles. The third kappa shape index (κ3) is 3.63. The zero-order chi connectivity index (χ0) is 18.2.